The largest absolute Gasteiger partial charge is 0.459 e. The predicted molar refractivity (Wildman–Crippen MR) is 126 cm³/mol. The highest BCUT2D eigenvalue weighted by atomic mass is 16.5. The number of hydrogen-bond acceptors (Lipinski definition) is 5. The summed E-state index contributed by atoms with van der Waals surface area (Å²) >= 11 is 0. The summed E-state index contributed by atoms with van der Waals surface area (Å²) < 4.78 is 10.6. The van der Waals surface area contributed by atoms with Crippen molar-refractivity contribution in [3.05, 3.63) is 89.9 Å². The molecule has 0 radical (unpaired) electrons. The van der Waals surface area contributed by atoms with E-state index in [9.17, 15) is 9.59 Å². The molecule has 4 rings (SSSR count). The standard InChI is InChI=1S/C26H29N3O4/c1-20(18-28-13-16-32-17-14-28)29(19-21-6-3-2-4-7-21)26(31)22-9-11-23(12-10-22)27-25(30)24-8-5-15-33-24/h2-12,15,20H,13-14,16-19H2,1H3,(H,27,30). The minimum atomic E-state index is -0.330. The Labute approximate surface area is 193 Å². The molecule has 1 aliphatic rings. The van der Waals surface area contributed by atoms with Crippen LogP contribution in [0.5, 0.6) is 0 Å². The molecule has 2 amide bonds. The molecule has 3 aromatic rings. The van der Waals surface area contributed by atoms with Crippen LogP contribution in [-0.2, 0) is 11.3 Å². The van der Waals surface area contributed by atoms with E-state index in [1.54, 1.807) is 36.4 Å². The van der Waals surface area contributed by atoms with Gasteiger partial charge < -0.3 is 19.4 Å². The first kappa shape index (κ1) is 22.8. The van der Waals surface area contributed by atoms with Crippen molar-refractivity contribution in [1.82, 2.24) is 9.80 Å². The lowest BCUT2D eigenvalue weighted by Gasteiger charge is -2.35. The molecule has 1 aliphatic heterocycles. The lowest BCUT2D eigenvalue weighted by molar-refractivity contribution is 0.0228. The zero-order valence-corrected chi connectivity index (χ0v) is 18.8. The van der Waals surface area contributed by atoms with E-state index in [2.05, 4.69) is 17.1 Å². The SMILES string of the molecule is CC(CN1CCOCC1)N(Cc1ccccc1)C(=O)c1ccc(NC(=O)c2ccco2)cc1. The number of rotatable bonds is 8. The molecule has 1 saturated heterocycles. The summed E-state index contributed by atoms with van der Waals surface area (Å²) in [5.41, 5.74) is 2.27. The fraction of sp³-hybridized carbons (Fsp3) is 0.308. The van der Waals surface area contributed by atoms with Gasteiger partial charge in [0.05, 0.1) is 19.5 Å². The molecule has 0 saturated carbocycles. The maximum atomic E-state index is 13.5. The number of nitrogens with one attached hydrogen (secondary N) is 1. The fourth-order valence-electron chi connectivity index (χ4n) is 3.93. The zero-order valence-electron chi connectivity index (χ0n) is 18.8. The molecule has 33 heavy (non-hydrogen) atoms. The molecule has 2 aromatic carbocycles. The second-order valence-corrected chi connectivity index (χ2v) is 8.19. The lowest BCUT2D eigenvalue weighted by Crippen LogP contribution is -2.48. The number of amides is 2. The highest BCUT2D eigenvalue weighted by Crippen LogP contribution is 2.18. The molecule has 0 bridgehead atoms. The van der Waals surface area contributed by atoms with E-state index in [-0.39, 0.29) is 23.6 Å². The summed E-state index contributed by atoms with van der Waals surface area (Å²) in [7, 11) is 0. The normalized spacial score (nSPS) is 15.1. The molecule has 1 N–H and O–H groups in total. The molecule has 1 aromatic heterocycles. The highest BCUT2D eigenvalue weighted by Gasteiger charge is 2.24. The van der Waals surface area contributed by atoms with Crippen LogP contribution in [0, 0.1) is 0 Å². The van der Waals surface area contributed by atoms with Gasteiger partial charge in [-0.05, 0) is 48.9 Å². The summed E-state index contributed by atoms with van der Waals surface area (Å²) in [5.74, 6) is -0.131. The number of carbonyl (C=O) groups excluding carboxylic acids is 2. The molecule has 1 unspecified atom stereocenters. The van der Waals surface area contributed by atoms with Crippen LogP contribution in [0.25, 0.3) is 0 Å². The van der Waals surface area contributed by atoms with Crippen LogP contribution in [0.2, 0.25) is 0 Å². The van der Waals surface area contributed by atoms with Crippen molar-refractivity contribution in [2.75, 3.05) is 38.2 Å². The van der Waals surface area contributed by atoms with E-state index in [1.807, 2.05) is 35.2 Å². The van der Waals surface area contributed by atoms with Gasteiger partial charge in [-0.15, -0.1) is 0 Å². The first-order valence-electron chi connectivity index (χ1n) is 11.2. The second kappa shape index (κ2) is 10.9. The molecule has 0 aliphatic carbocycles. The molecule has 2 heterocycles. The minimum absolute atomic E-state index is 0.0223. The van der Waals surface area contributed by atoms with Gasteiger partial charge in [0.1, 0.15) is 0 Å². The van der Waals surface area contributed by atoms with E-state index in [4.69, 9.17) is 9.15 Å². The number of benzene rings is 2. The third kappa shape index (κ3) is 6.09. The Bertz CT molecular complexity index is 1030. The number of morpholine rings is 1. The summed E-state index contributed by atoms with van der Waals surface area (Å²) in [6, 6.07) is 20.3. The first-order chi connectivity index (χ1) is 16.1. The van der Waals surface area contributed by atoms with Crippen LogP contribution in [0.3, 0.4) is 0 Å². The fourth-order valence-corrected chi connectivity index (χ4v) is 3.93. The summed E-state index contributed by atoms with van der Waals surface area (Å²) in [6.07, 6.45) is 1.45. The van der Waals surface area contributed by atoms with Crippen molar-refractivity contribution in [2.24, 2.45) is 0 Å². The Morgan fingerprint density at radius 2 is 1.73 bits per heavy atom. The van der Waals surface area contributed by atoms with Crippen LogP contribution < -0.4 is 5.32 Å². The van der Waals surface area contributed by atoms with Crippen LogP contribution in [-0.4, -0.2) is 60.5 Å². The second-order valence-electron chi connectivity index (χ2n) is 8.19. The quantitative estimate of drug-likeness (QED) is 0.567. The van der Waals surface area contributed by atoms with Crippen LogP contribution in [0.15, 0.2) is 77.4 Å². The van der Waals surface area contributed by atoms with Gasteiger partial charge in [0.25, 0.3) is 11.8 Å². The van der Waals surface area contributed by atoms with Crippen molar-refractivity contribution in [1.29, 1.82) is 0 Å². The average molecular weight is 448 g/mol. The van der Waals surface area contributed by atoms with Gasteiger partial charge in [0.15, 0.2) is 5.76 Å². The highest BCUT2D eigenvalue weighted by molar-refractivity contribution is 6.02. The maximum absolute atomic E-state index is 13.5. The monoisotopic (exact) mass is 447 g/mol. The minimum Gasteiger partial charge on any atom is -0.459 e. The number of ether oxygens (including phenoxy) is 1. The van der Waals surface area contributed by atoms with E-state index in [0.717, 1.165) is 38.4 Å². The van der Waals surface area contributed by atoms with Crippen LogP contribution in [0.1, 0.15) is 33.4 Å². The average Bonchev–Trinajstić information content (AvgIpc) is 3.39. The van der Waals surface area contributed by atoms with Crippen molar-refractivity contribution in [3.63, 3.8) is 0 Å². The molecular weight excluding hydrogens is 418 g/mol. The molecule has 1 atom stereocenters. The number of furan rings is 1. The summed E-state index contributed by atoms with van der Waals surface area (Å²) in [6.45, 7) is 6.62. The summed E-state index contributed by atoms with van der Waals surface area (Å²) in [4.78, 5) is 30.0. The van der Waals surface area contributed by atoms with Crippen LogP contribution in [0.4, 0.5) is 5.69 Å². The number of nitrogens with zero attached hydrogens (tertiary/aromatic N) is 2. The van der Waals surface area contributed by atoms with E-state index < -0.39 is 0 Å². The number of carbonyl (C=O) groups is 2. The van der Waals surface area contributed by atoms with Gasteiger partial charge >= 0.3 is 0 Å². The van der Waals surface area contributed by atoms with E-state index >= 15 is 0 Å². The molecule has 7 heteroatoms. The van der Waals surface area contributed by atoms with Crippen molar-refractivity contribution in [2.45, 2.75) is 19.5 Å². The Morgan fingerprint density at radius 1 is 1.00 bits per heavy atom. The van der Waals surface area contributed by atoms with Gasteiger partial charge in [-0.2, -0.15) is 0 Å². The van der Waals surface area contributed by atoms with Crippen molar-refractivity contribution >= 4 is 17.5 Å². The molecule has 0 spiro atoms. The Kier molecular flexibility index (Phi) is 7.55. The van der Waals surface area contributed by atoms with E-state index in [1.165, 1.54) is 6.26 Å². The molecular formula is C26H29N3O4. The number of hydrogen-bond donors (Lipinski definition) is 1. The molecule has 7 nitrogen and oxygen atoms in total. The number of anilines is 1. The zero-order chi connectivity index (χ0) is 23.0. The maximum Gasteiger partial charge on any atom is 0.291 e. The van der Waals surface area contributed by atoms with Gasteiger partial charge in [0.2, 0.25) is 0 Å². The predicted octanol–water partition coefficient (Wildman–Crippen LogP) is 3.90. The van der Waals surface area contributed by atoms with Gasteiger partial charge in [-0.3, -0.25) is 14.5 Å². The first-order valence-corrected chi connectivity index (χ1v) is 11.2. The van der Waals surface area contributed by atoms with E-state index in [0.29, 0.717) is 17.8 Å². The topological polar surface area (TPSA) is 75.0 Å². The molecule has 172 valence electrons. The third-order valence-electron chi connectivity index (χ3n) is 5.75. The Balaban J connectivity index is 1.47. The Morgan fingerprint density at radius 3 is 2.39 bits per heavy atom. The Hall–Kier alpha value is -3.42. The van der Waals surface area contributed by atoms with Crippen LogP contribution >= 0.6 is 0 Å². The lowest BCUT2D eigenvalue weighted by atomic mass is 10.1. The summed E-state index contributed by atoms with van der Waals surface area (Å²) in [5, 5.41) is 2.78. The van der Waals surface area contributed by atoms with Gasteiger partial charge in [0, 0.05) is 43.5 Å². The smallest absolute Gasteiger partial charge is 0.291 e. The third-order valence-corrected chi connectivity index (χ3v) is 5.75. The van der Waals surface area contributed by atoms with Gasteiger partial charge in [-0.25, -0.2) is 0 Å². The molecule has 1 fully saturated rings. The van der Waals surface area contributed by atoms with Gasteiger partial charge in [-0.1, -0.05) is 30.3 Å². The van der Waals surface area contributed by atoms with Crippen molar-refractivity contribution in [3.8, 4) is 0 Å². The van der Waals surface area contributed by atoms with Crippen molar-refractivity contribution < 1.29 is 18.7 Å².